The fourth-order valence-corrected chi connectivity index (χ4v) is 3.24. The Morgan fingerprint density at radius 3 is 2.86 bits per heavy atom. The summed E-state index contributed by atoms with van der Waals surface area (Å²) in [7, 11) is 1.59. The van der Waals surface area contributed by atoms with E-state index >= 15 is 0 Å². The Morgan fingerprint density at radius 1 is 1.48 bits per heavy atom. The van der Waals surface area contributed by atoms with Gasteiger partial charge >= 0.3 is 0 Å². The zero-order valence-electron chi connectivity index (χ0n) is 12.6. The molecule has 0 aromatic heterocycles. The molecule has 116 valence electrons. The van der Waals surface area contributed by atoms with E-state index in [0.717, 1.165) is 31.4 Å². The highest BCUT2D eigenvalue weighted by atomic mass is 35.5. The Hall–Kier alpha value is -1.26. The summed E-state index contributed by atoms with van der Waals surface area (Å²) in [4.78, 5) is 14.3. The highest BCUT2D eigenvalue weighted by Gasteiger charge is 2.32. The summed E-state index contributed by atoms with van der Waals surface area (Å²) in [5.74, 6) is 0.817. The molecule has 2 rings (SSSR count). The second-order valence-electron chi connectivity index (χ2n) is 5.48. The summed E-state index contributed by atoms with van der Waals surface area (Å²) in [6.45, 7) is 2.79. The maximum absolute atomic E-state index is 12.4. The van der Waals surface area contributed by atoms with Gasteiger partial charge in [-0.15, -0.1) is 0 Å². The van der Waals surface area contributed by atoms with E-state index in [2.05, 4.69) is 6.92 Å². The van der Waals surface area contributed by atoms with Crippen LogP contribution in [-0.2, 0) is 4.79 Å². The second-order valence-corrected chi connectivity index (χ2v) is 5.89. The molecule has 5 heteroatoms. The van der Waals surface area contributed by atoms with Crippen LogP contribution in [0, 0.1) is 0 Å². The van der Waals surface area contributed by atoms with Crippen LogP contribution in [0.1, 0.15) is 44.2 Å². The molecule has 2 atom stereocenters. The molecular weight excluding hydrogens is 288 g/mol. The zero-order chi connectivity index (χ0) is 15.4. The lowest BCUT2D eigenvalue weighted by atomic mass is 9.96. The van der Waals surface area contributed by atoms with Gasteiger partial charge in [0, 0.05) is 19.0 Å². The Balaban J connectivity index is 2.39. The van der Waals surface area contributed by atoms with Crippen molar-refractivity contribution in [3.05, 3.63) is 28.8 Å². The van der Waals surface area contributed by atoms with Gasteiger partial charge in [-0.3, -0.25) is 4.79 Å². The highest BCUT2D eigenvalue weighted by molar-refractivity contribution is 6.32. The molecule has 1 aromatic carbocycles. The summed E-state index contributed by atoms with van der Waals surface area (Å²) in [5.41, 5.74) is 7.33. The lowest BCUT2D eigenvalue weighted by Crippen LogP contribution is -2.42. The minimum Gasteiger partial charge on any atom is -0.495 e. The van der Waals surface area contributed by atoms with Crippen LogP contribution in [0.4, 0.5) is 0 Å². The van der Waals surface area contributed by atoms with Crippen molar-refractivity contribution in [2.75, 3.05) is 13.7 Å². The summed E-state index contributed by atoms with van der Waals surface area (Å²) in [6, 6.07) is 5.49. The number of hydrogen-bond donors (Lipinski definition) is 1. The topological polar surface area (TPSA) is 55.6 Å². The number of halogens is 1. The molecule has 1 fully saturated rings. The lowest BCUT2D eigenvalue weighted by Gasteiger charge is -2.34. The number of benzene rings is 1. The number of methoxy groups -OCH3 is 1. The number of nitrogens with zero attached hydrogens (tertiary/aromatic N) is 1. The fraction of sp³-hybridized carbons (Fsp3) is 0.562. The maximum Gasteiger partial charge on any atom is 0.223 e. The molecule has 0 saturated carbocycles. The van der Waals surface area contributed by atoms with E-state index in [1.54, 1.807) is 7.11 Å². The number of carbonyl (C=O) groups is 1. The average Bonchev–Trinajstić information content (AvgIpc) is 2.59. The Morgan fingerprint density at radius 2 is 2.24 bits per heavy atom. The minimum atomic E-state index is -0.108. The van der Waals surface area contributed by atoms with Crippen molar-refractivity contribution >= 4 is 17.5 Å². The van der Waals surface area contributed by atoms with E-state index in [-0.39, 0.29) is 18.0 Å². The number of hydrogen-bond acceptors (Lipinski definition) is 3. The molecule has 1 amide bonds. The first kappa shape index (κ1) is 16.1. The first-order valence-electron chi connectivity index (χ1n) is 7.47. The van der Waals surface area contributed by atoms with Gasteiger partial charge < -0.3 is 15.4 Å². The van der Waals surface area contributed by atoms with Crippen LogP contribution in [0.25, 0.3) is 0 Å². The molecule has 2 unspecified atom stereocenters. The van der Waals surface area contributed by atoms with Gasteiger partial charge in [0.1, 0.15) is 5.75 Å². The number of rotatable bonds is 4. The number of nitrogens with two attached hydrogens (primary N) is 1. The Kier molecular flexibility index (Phi) is 5.48. The van der Waals surface area contributed by atoms with Gasteiger partial charge in [-0.25, -0.2) is 0 Å². The smallest absolute Gasteiger partial charge is 0.223 e. The molecule has 1 heterocycles. The molecule has 0 spiro atoms. The molecule has 0 aliphatic carbocycles. The first-order chi connectivity index (χ1) is 10.1. The van der Waals surface area contributed by atoms with Crippen molar-refractivity contribution in [1.82, 2.24) is 4.90 Å². The van der Waals surface area contributed by atoms with Crippen LogP contribution in [0.15, 0.2) is 18.2 Å². The number of likely N-dealkylation sites (tertiary alicyclic amines) is 1. The van der Waals surface area contributed by atoms with Gasteiger partial charge in [0.15, 0.2) is 0 Å². The lowest BCUT2D eigenvalue weighted by molar-refractivity contribution is -0.133. The van der Waals surface area contributed by atoms with Crippen LogP contribution in [0.5, 0.6) is 5.75 Å². The van der Waals surface area contributed by atoms with Crippen molar-refractivity contribution in [1.29, 1.82) is 0 Å². The van der Waals surface area contributed by atoms with E-state index in [4.69, 9.17) is 22.1 Å². The molecule has 0 bridgehead atoms. The van der Waals surface area contributed by atoms with E-state index in [1.165, 1.54) is 0 Å². The van der Waals surface area contributed by atoms with Crippen molar-refractivity contribution in [2.45, 2.75) is 44.7 Å². The number of carbonyl (C=O) groups excluding carboxylic acids is 1. The third kappa shape index (κ3) is 3.50. The van der Waals surface area contributed by atoms with E-state index in [0.29, 0.717) is 17.2 Å². The van der Waals surface area contributed by atoms with Crippen LogP contribution in [0.2, 0.25) is 5.02 Å². The van der Waals surface area contributed by atoms with Gasteiger partial charge in [-0.2, -0.15) is 0 Å². The predicted molar refractivity (Wildman–Crippen MR) is 84.6 cm³/mol. The average molecular weight is 311 g/mol. The Bertz CT molecular complexity index is 507. The molecule has 0 radical (unpaired) electrons. The molecule has 1 aliphatic rings. The molecular formula is C16H23ClN2O2. The second kappa shape index (κ2) is 7.14. The van der Waals surface area contributed by atoms with E-state index in [1.807, 2.05) is 23.1 Å². The molecule has 4 nitrogen and oxygen atoms in total. The summed E-state index contributed by atoms with van der Waals surface area (Å²) in [5, 5.41) is 0.551. The Labute approximate surface area is 131 Å². The molecule has 1 aromatic rings. The maximum atomic E-state index is 12.4. The van der Waals surface area contributed by atoms with Gasteiger partial charge in [-0.05, 0) is 37.0 Å². The number of ether oxygens (including phenoxy) is 1. The molecule has 21 heavy (non-hydrogen) atoms. The van der Waals surface area contributed by atoms with Gasteiger partial charge in [0.2, 0.25) is 5.91 Å². The van der Waals surface area contributed by atoms with Gasteiger partial charge in [-0.1, -0.05) is 24.6 Å². The highest BCUT2D eigenvalue weighted by Crippen LogP contribution is 2.34. The SMILES string of the molecule is CCCN1C(=O)CCCC(N)C1c1ccc(OC)c(Cl)c1. The van der Waals surface area contributed by atoms with Crippen LogP contribution in [-0.4, -0.2) is 30.5 Å². The third-order valence-corrected chi connectivity index (χ3v) is 4.27. The summed E-state index contributed by atoms with van der Waals surface area (Å²) in [6.07, 6.45) is 3.19. The largest absolute Gasteiger partial charge is 0.495 e. The zero-order valence-corrected chi connectivity index (χ0v) is 13.4. The molecule has 1 aliphatic heterocycles. The van der Waals surface area contributed by atoms with Crippen LogP contribution < -0.4 is 10.5 Å². The molecule has 1 saturated heterocycles. The third-order valence-electron chi connectivity index (χ3n) is 3.97. The van der Waals surface area contributed by atoms with Crippen LogP contribution in [0.3, 0.4) is 0 Å². The first-order valence-corrected chi connectivity index (χ1v) is 7.84. The summed E-state index contributed by atoms with van der Waals surface area (Å²) >= 11 is 6.23. The monoisotopic (exact) mass is 310 g/mol. The van der Waals surface area contributed by atoms with E-state index in [9.17, 15) is 4.79 Å². The van der Waals surface area contributed by atoms with Crippen molar-refractivity contribution in [3.63, 3.8) is 0 Å². The van der Waals surface area contributed by atoms with E-state index < -0.39 is 0 Å². The normalized spacial score (nSPS) is 23.0. The minimum absolute atomic E-state index is 0.0625. The van der Waals surface area contributed by atoms with Crippen molar-refractivity contribution in [2.24, 2.45) is 5.73 Å². The predicted octanol–water partition coefficient (Wildman–Crippen LogP) is 3.14. The van der Waals surface area contributed by atoms with Gasteiger partial charge in [0.25, 0.3) is 0 Å². The van der Waals surface area contributed by atoms with Gasteiger partial charge in [0.05, 0.1) is 18.2 Å². The van der Waals surface area contributed by atoms with Crippen LogP contribution >= 0.6 is 11.6 Å². The van der Waals surface area contributed by atoms with Crippen molar-refractivity contribution in [3.8, 4) is 5.75 Å². The molecule has 2 N–H and O–H groups in total. The van der Waals surface area contributed by atoms with Crippen molar-refractivity contribution < 1.29 is 9.53 Å². The number of amides is 1. The summed E-state index contributed by atoms with van der Waals surface area (Å²) < 4.78 is 5.19. The standard InChI is InChI=1S/C16H23ClN2O2/c1-3-9-19-15(20)6-4-5-13(18)16(19)11-7-8-14(21-2)12(17)10-11/h7-8,10,13,16H,3-6,9,18H2,1-2H3. The fourth-order valence-electron chi connectivity index (χ4n) is 2.98. The quantitative estimate of drug-likeness (QED) is 0.929.